The highest BCUT2D eigenvalue weighted by atomic mass is 32.2. The van der Waals surface area contributed by atoms with Crippen LogP contribution in [0.4, 0.5) is 0 Å². The summed E-state index contributed by atoms with van der Waals surface area (Å²) in [5.41, 5.74) is 1.24. The third kappa shape index (κ3) is 3.73. The minimum Gasteiger partial charge on any atom is -0.307 e. The molecule has 25 heavy (non-hydrogen) atoms. The first-order chi connectivity index (χ1) is 12.1. The fraction of sp³-hybridized carbons (Fsp3) is 0.500. The van der Waals surface area contributed by atoms with E-state index in [1.54, 1.807) is 0 Å². The number of likely N-dealkylation sites (tertiary alicyclic amines) is 1. The van der Waals surface area contributed by atoms with Crippen molar-refractivity contribution in [2.24, 2.45) is 0 Å². The van der Waals surface area contributed by atoms with Crippen LogP contribution in [0.15, 0.2) is 42.5 Å². The Morgan fingerprint density at radius 2 is 1.72 bits per heavy atom. The van der Waals surface area contributed by atoms with Gasteiger partial charge < -0.3 is 5.32 Å². The van der Waals surface area contributed by atoms with E-state index in [9.17, 15) is 8.42 Å². The molecule has 2 unspecified atom stereocenters. The molecule has 1 N–H and O–H groups in total. The highest BCUT2D eigenvalue weighted by molar-refractivity contribution is 7.91. The molecule has 4 rings (SSSR count). The standard InChI is InChI=1S/C20H26N2O2S/c23-25(24)14-19(20(15-25)22-11-4-1-5-12-22)21-13-17-9-6-8-16-7-2-3-10-18(16)17/h2-3,6-10,19-21H,1,4-5,11-15H2. The average molecular weight is 359 g/mol. The first-order valence-corrected chi connectivity index (χ1v) is 11.1. The monoisotopic (exact) mass is 358 g/mol. The molecular formula is C20H26N2O2S. The summed E-state index contributed by atoms with van der Waals surface area (Å²) in [4.78, 5) is 2.40. The number of fused-ring (bicyclic) bond motifs is 1. The normalized spacial score (nSPS) is 26.9. The van der Waals surface area contributed by atoms with E-state index in [0.717, 1.165) is 13.1 Å². The van der Waals surface area contributed by atoms with Crippen LogP contribution in [0.3, 0.4) is 0 Å². The van der Waals surface area contributed by atoms with Crippen LogP contribution in [0.1, 0.15) is 24.8 Å². The molecule has 2 atom stereocenters. The third-order valence-electron chi connectivity index (χ3n) is 5.62. The van der Waals surface area contributed by atoms with Gasteiger partial charge in [-0.2, -0.15) is 0 Å². The van der Waals surface area contributed by atoms with Crippen LogP contribution >= 0.6 is 0 Å². The van der Waals surface area contributed by atoms with Crippen molar-refractivity contribution < 1.29 is 8.42 Å². The molecule has 0 saturated carbocycles. The van der Waals surface area contributed by atoms with Crippen LogP contribution in [0.5, 0.6) is 0 Å². The molecule has 4 nitrogen and oxygen atoms in total. The summed E-state index contributed by atoms with van der Waals surface area (Å²) in [7, 11) is -2.95. The van der Waals surface area contributed by atoms with E-state index in [1.807, 2.05) is 0 Å². The lowest BCUT2D eigenvalue weighted by molar-refractivity contribution is 0.155. The number of nitrogens with one attached hydrogen (secondary N) is 1. The second-order valence-electron chi connectivity index (χ2n) is 7.37. The maximum absolute atomic E-state index is 12.3. The number of hydrogen-bond acceptors (Lipinski definition) is 4. The van der Waals surface area contributed by atoms with Crippen LogP contribution in [-0.2, 0) is 16.4 Å². The molecular weight excluding hydrogens is 332 g/mol. The van der Waals surface area contributed by atoms with Crippen LogP contribution in [0, 0.1) is 0 Å². The van der Waals surface area contributed by atoms with Gasteiger partial charge in [-0.05, 0) is 42.3 Å². The minimum absolute atomic E-state index is 0.0297. The number of nitrogens with zero attached hydrogens (tertiary/aromatic N) is 1. The molecule has 134 valence electrons. The SMILES string of the molecule is O=S1(=O)CC(NCc2cccc3ccccc23)C(N2CCCCC2)C1. The van der Waals surface area contributed by atoms with Gasteiger partial charge in [0.25, 0.3) is 0 Å². The van der Waals surface area contributed by atoms with Crippen molar-refractivity contribution in [2.45, 2.75) is 37.9 Å². The zero-order chi connectivity index (χ0) is 17.3. The molecule has 2 aliphatic rings. The Balaban J connectivity index is 1.51. The van der Waals surface area contributed by atoms with Crippen LogP contribution < -0.4 is 5.32 Å². The molecule has 0 radical (unpaired) electrons. The van der Waals surface area contributed by atoms with Gasteiger partial charge in [0.2, 0.25) is 0 Å². The molecule has 0 spiro atoms. The van der Waals surface area contributed by atoms with Gasteiger partial charge >= 0.3 is 0 Å². The van der Waals surface area contributed by atoms with Crippen molar-refractivity contribution >= 4 is 20.6 Å². The van der Waals surface area contributed by atoms with Gasteiger partial charge in [0.05, 0.1) is 11.5 Å². The lowest BCUT2D eigenvalue weighted by Gasteiger charge is -2.35. The molecule has 0 aliphatic carbocycles. The van der Waals surface area contributed by atoms with E-state index in [-0.39, 0.29) is 17.8 Å². The smallest absolute Gasteiger partial charge is 0.153 e. The van der Waals surface area contributed by atoms with Crippen molar-refractivity contribution in [3.8, 4) is 0 Å². The summed E-state index contributed by atoms with van der Waals surface area (Å²) in [6, 6.07) is 14.9. The van der Waals surface area contributed by atoms with E-state index in [4.69, 9.17) is 0 Å². The Morgan fingerprint density at radius 3 is 2.56 bits per heavy atom. The maximum atomic E-state index is 12.3. The van der Waals surface area contributed by atoms with Gasteiger partial charge in [0.15, 0.2) is 9.84 Å². The van der Waals surface area contributed by atoms with E-state index in [2.05, 4.69) is 52.7 Å². The van der Waals surface area contributed by atoms with Crippen molar-refractivity contribution in [3.05, 3.63) is 48.0 Å². The fourth-order valence-corrected chi connectivity index (χ4v) is 6.31. The highest BCUT2D eigenvalue weighted by Crippen LogP contribution is 2.24. The Kier molecular flexibility index (Phi) is 4.80. The molecule has 2 heterocycles. The predicted molar refractivity (Wildman–Crippen MR) is 102 cm³/mol. The van der Waals surface area contributed by atoms with E-state index in [1.165, 1.54) is 35.6 Å². The number of benzene rings is 2. The van der Waals surface area contributed by atoms with Crippen molar-refractivity contribution in [1.82, 2.24) is 10.2 Å². The molecule has 2 aliphatic heterocycles. The quantitative estimate of drug-likeness (QED) is 0.913. The maximum Gasteiger partial charge on any atom is 0.153 e. The minimum atomic E-state index is -2.95. The zero-order valence-corrected chi connectivity index (χ0v) is 15.3. The molecule has 2 saturated heterocycles. The van der Waals surface area contributed by atoms with Gasteiger partial charge in [-0.1, -0.05) is 48.9 Å². The number of piperidine rings is 1. The summed E-state index contributed by atoms with van der Waals surface area (Å²) in [5, 5.41) is 6.05. The summed E-state index contributed by atoms with van der Waals surface area (Å²) in [6.45, 7) is 2.78. The molecule has 2 aromatic rings. The first kappa shape index (κ1) is 17.0. The Bertz CT molecular complexity index is 838. The zero-order valence-electron chi connectivity index (χ0n) is 14.5. The summed E-state index contributed by atoms with van der Waals surface area (Å²) < 4.78 is 24.5. The van der Waals surface area contributed by atoms with Crippen molar-refractivity contribution in [2.75, 3.05) is 24.6 Å². The lowest BCUT2D eigenvalue weighted by atomic mass is 10.0. The predicted octanol–water partition coefficient (Wildman–Crippen LogP) is 2.58. The van der Waals surface area contributed by atoms with Gasteiger partial charge in [0.1, 0.15) is 0 Å². The second-order valence-corrected chi connectivity index (χ2v) is 9.52. The van der Waals surface area contributed by atoms with Crippen LogP contribution in [0.2, 0.25) is 0 Å². The third-order valence-corrected chi connectivity index (χ3v) is 7.33. The largest absolute Gasteiger partial charge is 0.307 e. The Morgan fingerprint density at radius 1 is 0.960 bits per heavy atom. The van der Waals surface area contributed by atoms with Gasteiger partial charge in [-0.25, -0.2) is 8.42 Å². The van der Waals surface area contributed by atoms with E-state index < -0.39 is 9.84 Å². The van der Waals surface area contributed by atoms with E-state index in [0.29, 0.717) is 12.3 Å². The average Bonchev–Trinajstić information content (AvgIpc) is 2.95. The van der Waals surface area contributed by atoms with Crippen LogP contribution in [-0.4, -0.2) is 50.0 Å². The molecule has 5 heteroatoms. The molecule has 0 amide bonds. The summed E-state index contributed by atoms with van der Waals surface area (Å²) in [6.07, 6.45) is 3.64. The fourth-order valence-electron chi connectivity index (χ4n) is 4.32. The van der Waals surface area contributed by atoms with Gasteiger partial charge in [0, 0.05) is 18.6 Å². The highest BCUT2D eigenvalue weighted by Gasteiger charge is 2.40. The second kappa shape index (κ2) is 7.06. The van der Waals surface area contributed by atoms with Crippen molar-refractivity contribution in [3.63, 3.8) is 0 Å². The molecule has 0 aromatic heterocycles. The molecule has 0 bridgehead atoms. The topological polar surface area (TPSA) is 49.4 Å². The molecule has 2 fully saturated rings. The Hall–Kier alpha value is -1.43. The number of hydrogen-bond donors (Lipinski definition) is 1. The Labute approximate surface area is 150 Å². The van der Waals surface area contributed by atoms with Gasteiger partial charge in [-0.3, -0.25) is 4.90 Å². The summed E-state index contributed by atoms with van der Waals surface area (Å²) in [5.74, 6) is 0.569. The molecule has 2 aromatic carbocycles. The van der Waals surface area contributed by atoms with Crippen molar-refractivity contribution in [1.29, 1.82) is 0 Å². The lowest BCUT2D eigenvalue weighted by Crippen LogP contribution is -2.50. The number of rotatable bonds is 4. The van der Waals surface area contributed by atoms with Gasteiger partial charge in [-0.15, -0.1) is 0 Å². The van der Waals surface area contributed by atoms with Crippen LogP contribution in [0.25, 0.3) is 10.8 Å². The van der Waals surface area contributed by atoms with E-state index >= 15 is 0 Å². The summed E-state index contributed by atoms with van der Waals surface area (Å²) >= 11 is 0. The number of sulfone groups is 1. The first-order valence-electron chi connectivity index (χ1n) is 9.27.